The number of aromatic nitrogens is 1. The molecule has 2 rings (SSSR count). The summed E-state index contributed by atoms with van der Waals surface area (Å²) in [5.74, 6) is 1.27. The van der Waals surface area contributed by atoms with Gasteiger partial charge in [0.25, 0.3) is 0 Å². The zero-order valence-corrected chi connectivity index (χ0v) is 17.7. The fraction of sp³-hybridized carbons (Fsp3) is 0.438. The molecule has 1 atom stereocenters. The standard InChI is InChI=1S/C16H22ClN2O3PS2/c1-4-22-23(20,19-12(2)3)25-11-14-10-24-16(18-14)9-21-15-7-5-13(17)6-8-15/h5-8,10,12H,4,9,11H2,1-3H3,(H,19,20)/t23-/m0/s1. The van der Waals surface area contributed by atoms with Gasteiger partial charge in [-0.2, -0.15) is 0 Å². The minimum atomic E-state index is -2.91. The lowest BCUT2D eigenvalue weighted by molar-refractivity contribution is 0.305. The molecule has 0 bridgehead atoms. The molecule has 0 aliphatic carbocycles. The van der Waals surface area contributed by atoms with Crippen LogP contribution in [0.25, 0.3) is 0 Å². The normalized spacial score (nSPS) is 13.8. The SMILES string of the molecule is CCO[P@@](=O)(NC(C)C)SCc1csc(COc2ccc(Cl)cc2)n1. The summed E-state index contributed by atoms with van der Waals surface area (Å²) >= 11 is 8.64. The van der Waals surface area contributed by atoms with E-state index in [2.05, 4.69) is 10.1 Å². The largest absolute Gasteiger partial charge is 0.486 e. The van der Waals surface area contributed by atoms with Gasteiger partial charge in [-0.25, -0.2) is 10.1 Å². The van der Waals surface area contributed by atoms with Crippen LogP contribution in [0, 0.1) is 0 Å². The van der Waals surface area contributed by atoms with Gasteiger partial charge < -0.3 is 9.26 Å². The van der Waals surface area contributed by atoms with Gasteiger partial charge in [-0.1, -0.05) is 11.6 Å². The minimum Gasteiger partial charge on any atom is -0.486 e. The number of halogens is 1. The fourth-order valence-electron chi connectivity index (χ4n) is 1.91. The van der Waals surface area contributed by atoms with Crippen molar-refractivity contribution < 1.29 is 13.8 Å². The Morgan fingerprint density at radius 1 is 1.36 bits per heavy atom. The van der Waals surface area contributed by atoms with E-state index in [1.165, 1.54) is 22.7 Å². The molecule has 5 nitrogen and oxygen atoms in total. The van der Waals surface area contributed by atoms with Crippen LogP contribution < -0.4 is 9.82 Å². The van der Waals surface area contributed by atoms with Gasteiger partial charge >= 0.3 is 6.72 Å². The smallest absolute Gasteiger partial charge is 0.327 e. The number of hydrogen-bond acceptors (Lipinski definition) is 6. The van der Waals surface area contributed by atoms with Gasteiger partial charge in [0, 0.05) is 22.2 Å². The minimum absolute atomic E-state index is 0.0867. The first kappa shape index (κ1) is 20.7. The molecule has 25 heavy (non-hydrogen) atoms. The van der Waals surface area contributed by atoms with Gasteiger partial charge in [-0.3, -0.25) is 4.57 Å². The van der Waals surface area contributed by atoms with Crippen molar-refractivity contribution in [2.24, 2.45) is 0 Å². The molecule has 0 unspecified atom stereocenters. The Morgan fingerprint density at radius 3 is 2.72 bits per heavy atom. The molecule has 0 aliphatic heterocycles. The third-order valence-corrected chi connectivity index (χ3v) is 8.23. The van der Waals surface area contributed by atoms with E-state index in [0.29, 0.717) is 24.0 Å². The van der Waals surface area contributed by atoms with Crippen LogP contribution in [0.2, 0.25) is 5.02 Å². The molecule has 1 aromatic heterocycles. The van der Waals surface area contributed by atoms with Crippen LogP contribution in [-0.4, -0.2) is 17.6 Å². The predicted octanol–water partition coefficient (Wildman–Crippen LogP) is 5.75. The molecule has 0 saturated carbocycles. The van der Waals surface area contributed by atoms with E-state index in [1.807, 2.05) is 38.3 Å². The van der Waals surface area contributed by atoms with E-state index < -0.39 is 6.72 Å². The number of ether oxygens (including phenoxy) is 1. The van der Waals surface area contributed by atoms with Crippen LogP contribution in [-0.2, 0) is 21.4 Å². The van der Waals surface area contributed by atoms with Crippen molar-refractivity contribution in [3.05, 3.63) is 45.4 Å². The Hall–Kier alpha value is -0.560. The lowest BCUT2D eigenvalue weighted by atomic mass is 10.3. The summed E-state index contributed by atoms with van der Waals surface area (Å²) in [7, 11) is 0. The van der Waals surface area contributed by atoms with Crippen LogP contribution in [0.1, 0.15) is 31.5 Å². The van der Waals surface area contributed by atoms with Gasteiger partial charge in [0.05, 0.1) is 12.3 Å². The molecule has 1 heterocycles. The third kappa shape index (κ3) is 7.29. The first-order valence-electron chi connectivity index (χ1n) is 7.89. The van der Waals surface area contributed by atoms with Gasteiger partial charge in [0.1, 0.15) is 17.4 Å². The van der Waals surface area contributed by atoms with Crippen molar-refractivity contribution in [3.63, 3.8) is 0 Å². The highest BCUT2D eigenvalue weighted by Crippen LogP contribution is 2.57. The second-order valence-electron chi connectivity index (χ2n) is 5.45. The summed E-state index contributed by atoms with van der Waals surface area (Å²) in [5.41, 5.74) is 0.871. The Balaban J connectivity index is 1.87. The molecule has 0 fully saturated rings. The van der Waals surface area contributed by atoms with Crippen LogP contribution in [0.15, 0.2) is 29.6 Å². The molecule has 1 aromatic carbocycles. The maximum Gasteiger partial charge on any atom is 0.327 e. The van der Waals surface area contributed by atoms with Gasteiger partial charge in [-0.05, 0) is 56.4 Å². The maximum atomic E-state index is 12.7. The summed E-state index contributed by atoms with van der Waals surface area (Å²) in [6.45, 7) is 3.61. The molecule has 0 aliphatic rings. The molecule has 1 N–H and O–H groups in total. The second-order valence-corrected chi connectivity index (χ2v) is 11.1. The van der Waals surface area contributed by atoms with Crippen molar-refractivity contribution in [1.82, 2.24) is 10.1 Å². The van der Waals surface area contributed by atoms with Crippen LogP contribution in [0.5, 0.6) is 5.75 Å². The molecule has 0 amide bonds. The molecular formula is C16H22ClN2O3PS2. The third-order valence-electron chi connectivity index (χ3n) is 2.87. The van der Waals surface area contributed by atoms with Gasteiger partial charge in [-0.15, -0.1) is 11.3 Å². The predicted molar refractivity (Wildman–Crippen MR) is 107 cm³/mol. The van der Waals surface area contributed by atoms with Crippen LogP contribution in [0.4, 0.5) is 0 Å². The van der Waals surface area contributed by atoms with E-state index in [1.54, 1.807) is 12.1 Å². The Kier molecular flexibility index (Phi) is 8.26. The molecule has 0 radical (unpaired) electrons. The van der Waals surface area contributed by atoms with Crippen molar-refractivity contribution in [3.8, 4) is 5.75 Å². The molecule has 9 heteroatoms. The quantitative estimate of drug-likeness (QED) is 0.493. The van der Waals surface area contributed by atoms with E-state index in [9.17, 15) is 4.57 Å². The van der Waals surface area contributed by atoms with Crippen molar-refractivity contribution >= 4 is 41.0 Å². The number of benzene rings is 1. The highest BCUT2D eigenvalue weighted by atomic mass is 35.5. The highest BCUT2D eigenvalue weighted by Gasteiger charge is 2.24. The Morgan fingerprint density at radius 2 is 2.08 bits per heavy atom. The number of rotatable bonds is 10. The molecule has 2 aromatic rings. The molecule has 138 valence electrons. The number of thiazole rings is 1. The summed E-state index contributed by atoms with van der Waals surface area (Å²) in [6, 6.07) is 7.30. The van der Waals surface area contributed by atoms with Crippen molar-refractivity contribution in [1.29, 1.82) is 0 Å². The number of hydrogen-bond donors (Lipinski definition) is 1. The lowest BCUT2D eigenvalue weighted by Crippen LogP contribution is -2.19. The first-order chi connectivity index (χ1) is 11.9. The maximum absolute atomic E-state index is 12.7. The van der Waals surface area contributed by atoms with E-state index in [0.717, 1.165) is 16.5 Å². The average molecular weight is 421 g/mol. The summed E-state index contributed by atoms with van der Waals surface area (Å²) in [5, 5.41) is 6.52. The second kappa shape index (κ2) is 9.95. The van der Waals surface area contributed by atoms with E-state index in [-0.39, 0.29) is 6.04 Å². The topological polar surface area (TPSA) is 60.5 Å². The number of nitrogens with zero attached hydrogens (tertiary/aromatic N) is 1. The number of nitrogens with one attached hydrogen (secondary N) is 1. The monoisotopic (exact) mass is 420 g/mol. The summed E-state index contributed by atoms with van der Waals surface area (Å²) in [6.07, 6.45) is 0. The first-order valence-corrected chi connectivity index (χ1v) is 12.4. The zero-order chi connectivity index (χ0) is 18.3. The fourth-order valence-corrected chi connectivity index (χ4v) is 6.79. The van der Waals surface area contributed by atoms with Crippen LogP contribution >= 0.6 is 41.0 Å². The van der Waals surface area contributed by atoms with Gasteiger partial charge in [0.2, 0.25) is 0 Å². The van der Waals surface area contributed by atoms with Crippen LogP contribution in [0.3, 0.4) is 0 Å². The Bertz CT molecular complexity index is 710. The average Bonchev–Trinajstić information content (AvgIpc) is 3.00. The lowest BCUT2D eigenvalue weighted by Gasteiger charge is -2.19. The summed E-state index contributed by atoms with van der Waals surface area (Å²) in [4.78, 5) is 4.53. The van der Waals surface area contributed by atoms with E-state index >= 15 is 0 Å². The molecule has 0 saturated heterocycles. The van der Waals surface area contributed by atoms with E-state index in [4.69, 9.17) is 20.9 Å². The molecular weight excluding hydrogens is 399 g/mol. The Labute approximate surface area is 161 Å². The zero-order valence-electron chi connectivity index (χ0n) is 14.4. The summed E-state index contributed by atoms with van der Waals surface area (Å²) < 4.78 is 23.8. The molecule has 0 spiro atoms. The van der Waals surface area contributed by atoms with Crippen molar-refractivity contribution in [2.75, 3.05) is 6.61 Å². The van der Waals surface area contributed by atoms with Crippen molar-refractivity contribution in [2.45, 2.75) is 39.2 Å². The highest BCUT2D eigenvalue weighted by molar-refractivity contribution is 8.55. The van der Waals surface area contributed by atoms with Gasteiger partial charge in [0.15, 0.2) is 0 Å².